The normalized spacial score (nSPS) is 10.0. The van der Waals surface area contributed by atoms with Crippen LogP contribution < -0.4 is 5.32 Å². The van der Waals surface area contributed by atoms with Gasteiger partial charge < -0.3 is 14.8 Å². The summed E-state index contributed by atoms with van der Waals surface area (Å²) in [5, 5.41) is 11.4. The average Bonchev–Trinajstić information content (AvgIpc) is 2.90. The number of rotatable bonds is 4. The van der Waals surface area contributed by atoms with E-state index in [9.17, 15) is 9.59 Å². The van der Waals surface area contributed by atoms with Crippen molar-refractivity contribution in [2.45, 2.75) is 6.54 Å². The molecule has 2 aromatic heterocycles. The van der Waals surface area contributed by atoms with Crippen molar-refractivity contribution in [2.75, 3.05) is 0 Å². The molecular weight excluding hydrogens is 236 g/mol. The molecule has 2 N–H and O–H groups in total. The number of aromatic carboxylic acids is 1. The van der Waals surface area contributed by atoms with Gasteiger partial charge in [-0.3, -0.25) is 9.78 Å². The Labute approximate surface area is 102 Å². The zero-order valence-corrected chi connectivity index (χ0v) is 9.29. The van der Waals surface area contributed by atoms with Crippen molar-refractivity contribution < 1.29 is 19.1 Å². The summed E-state index contributed by atoms with van der Waals surface area (Å²) in [6.07, 6.45) is 2.79. The third kappa shape index (κ3) is 2.73. The fourth-order valence-corrected chi connectivity index (χ4v) is 1.37. The second kappa shape index (κ2) is 5.13. The van der Waals surface area contributed by atoms with Gasteiger partial charge in [0.25, 0.3) is 5.91 Å². The van der Waals surface area contributed by atoms with Crippen LogP contribution >= 0.6 is 0 Å². The van der Waals surface area contributed by atoms with E-state index in [2.05, 4.69) is 10.3 Å². The third-order valence-corrected chi connectivity index (χ3v) is 2.24. The quantitative estimate of drug-likeness (QED) is 0.848. The van der Waals surface area contributed by atoms with Crippen molar-refractivity contribution in [3.05, 3.63) is 53.7 Å². The number of furan rings is 1. The summed E-state index contributed by atoms with van der Waals surface area (Å²) in [4.78, 5) is 26.3. The Morgan fingerprint density at radius 3 is 2.89 bits per heavy atom. The van der Waals surface area contributed by atoms with Crippen molar-refractivity contribution in [3.63, 3.8) is 0 Å². The summed E-state index contributed by atoms with van der Waals surface area (Å²) in [6, 6.07) is 5.94. The van der Waals surface area contributed by atoms with E-state index < -0.39 is 5.97 Å². The number of carbonyl (C=O) groups is 2. The molecule has 0 aliphatic heterocycles. The molecule has 0 aromatic carbocycles. The second-order valence-electron chi connectivity index (χ2n) is 3.50. The molecule has 2 rings (SSSR count). The smallest absolute Gasteiger partial charge is 0.335 e. The first-order valence-electron chi connectivity index (χ1n) is 5.17. The lowest BCUT2D eigenvalue weighted by molar-refractivity contribution is 0.0696. The van der Waals surface area contributed by atoms with Crippen LogP contribution in [0.15, 0.2) is 41.1 Å². The van der Waals surface area contributed by atoms with Crippen molar-refractivity contribution >= 4 is 11.9 Å². The highest BCUT2D eigenvalue weighted by molar-refractivity contribution is 5.91. The van der Waals surface area contributed by atoms with E-state index in [1.165, 1.54) is 30.7 Å². The molecule has 6 nitrogen and oxygen atoms in total. The molecule has 6 heteroatoms. The topological polar surface area (TPSA) is 92.4 Å². The zero-order chi connectivity index (χ0) is 13.0. The summed E-state index contributed by atoms with van der Waals surface area (Å²) in [6.45, 7) is 0.140. The number of carboxylic acid groups (broad SMARTS) is 1. The van der Waals surface area contributed by atoms with Crippen LogP contribution in [-0.4, -0.2) is 22.0 Å². The second-order valence-corrected chi connectivity index (χ2v) is 3.50. The van der Waals surface area contributed by atoms with Gasteiger partial charge in [0.1, 0.15) is 0 Å². The van der Waals surface area contributed by atoms with Gasteiger partial charge in [-0.1, -0.05) is 0 Å². The summed E-state index contributed by atoms with van der Waals surface area (Å²) in [5.41, 5.74) is 0.599. The van der Waals surface area contributed by atoms with Crippen LogP contribution in [0.2, 0.25) is 0 Å². The van der Waals surface area contributed by atoms with Gasteiger partial charge in [0, 0.05) is 6.20 Å². The predicted molar refractivity (Wildman–Crippen MR) is 61.1 cm³/mol. The molecule has 0 unspecified atom stereocenters. The largest absolute Gasteiger partial charge is 0.478 e. The van der Waals surface area contributed by atoms with E-state index >= 15 is 0 Å². The first-order chi connectivity index (χ1) is 8.66. The maximum Gasteiger partial charge on any atom is 0.335 e. The van der Waals surface area contributed by atoms with E-state index in [1.54, 1.807) is 6.07 Å². The minimum Gasteiger partial charge on any atom is -0.478 e. The summed E-state index contributed by atoms with van der Waals surface area (Å²) < 4.78 is 4.92. The van der Waals surface area contributed by atoms with Crippen LogP contribution in [0.4, 0.5) is 0 Å². The standard InChI is InChI=1S/C12H10N2O4/c15-11(10-2-1-5-18-10)14-7-9-6-8(12(16)17)3-4-13-9/h1-6H,7H2,(H,14,15)(H,16,17). The molecule has 0 radical (unpaired) electrons. The van der Waals surface area contributed by atoms with Gasteiger partial charge in [-0.05, 0) is 24.3 Å². The van der Waals surface area contributed by atoms with Gasteiger partial charge in [0.15, 0.2) is 5.76 Å². The molecular formula is C12H10N2O4. The molecule has 0 fully saturated rings. The first kappa shape index (κ1) is 11.8. The maximum atomic E-state index is 11.5. The molecule has 0 bridgehead atoms. The molecule has 92 valence electrons. The highest BCUT2D eigenvalue weighted by Crippen LogP contribution is 2.03. The Morgan fingerprint density at radius 1 is 1.39 bits per heavy atom. The lowest BCUT2D eigenvalue weighted by Gasteiger charge is -2.03. The molecule has 1 amide bonds. The number of amides is 1. The SMILES string of the molecule is O=C(O)c1ccnc(CNC(=O)c2ccco2)c1. The molecule has 2 aromatic rings. The molecule has 0 atom stereocenters. The van der Waals surface area contributed by atoms with E-state index in [4.69, 9.17) is 9.52 Å². The average molecular weight is 246 g/mol. The molecule has 0 saturated carbocycles. The number of hydrogen-bond acceptors (Lipinski definition) is 4. The third-order valence-electron chi connectivity index (χ3n) is 2.24. The van der Waals surface area contributed by atoms with Crippen molar-refractivity contribution in [2.24, 2.45) is 0 Å². The van der Waals surface area contributed by atoms with Crippen molar-refractivity contribution in [1.82, 2.24) is 10.3 Å². The lowest BCUT2D eigenvalue weighted by Crippen LogP contribution is -2.22. The number of carboxylic acids is 1. The Kier molecular flexibility index (Phi) is 3.38. The molecule has 0 saturated heterocycles. The number of nitrogens with zero attached hydrogens (tertiary/aromatic N) is 1. The fourth-order valence-electron chi connectivity index (χ4n) is 1.37. The highest BCUT2D eigenvalue weighted by atomic mass is 16.4. The Bertz CT molecular complexity index is 563. The first-order valence-corrected chi connectivity index (χ1v) is 5.17. The predicted octanol–water partition coefficient (Wildman–Crippen LogP) is 1.30. The molecule has 0 aliphatic rings. The monoisotopic (exact) mass is 246 g/mol. The summed E-state index contributed by atoms with van der Waals surface area (Å²) in [5.74, 6) is -1.21. The van der Waals surface area contributed by atoms with E-state index in [0.717, 1.165) is 0 Å². The van der Waals surface area contributed by atoms with Crippen molar-refractivity contribution in [3.8, 4) is 0 Å². The molecule has 0 spiro atoms. The molecule has 18 heavy (non-hydrogen) atoms. The minimum atomic E-state index is -1.03. The molecule has 0 aliphatic carbocycles. The van der Waals surface area contributed by atoms with E-state index in [1.807, 2.05) is 0 Å². The van der Waals surface area contributed by atoms with Crippen LogP contribution in [0.5, 0.6) is 0 Å². The van der Waals surface area contributed by atoms with E-state index in [-0.39, 0.29) is 23.8 Å². The zero-order valence-electron chi connectivity index (χ0n) is 9.29. The number of pyridine rings is 1. The number of carbonyl (C=O) groups excluding carboxylic acids is 1. The Morgan fingerprint density at radius 2 is 2.22 bits per heavy atom. The van der Waals surface area contributed by atoms with Crippen LogP contribution in [-0.2, 0) is 6.54 Å². The number of nitrogens with one attached hydrogen (secondary N) is 1. The minimum absolute atomic E-state index is 0.132. The number of aromatic nitrogens is 1. The van der Waals surface area contributed by atoms with E-state index in [0.29, 0.717) is 5.69 Å². The van der Waals surface area contributed by atoms with Gasteiger partial charge in [0.05, 0.1) is 24.1 Å². The van der Waals surface area contributed by atoms with Crippen LogP contribution in [0, 0.1) is 0 Å². The van der Waals surface area contributed by atoms with Gasteiger partial charge in [-0.2, -0.15) is 0 Å². The summed E-state index contributed by atoms with van der Waals surface area (Å²) in [7, 11) is 0. The van der Waals surface area contributed by atoms with Crippen molar-refractivity contribution in [1.29, 1.82) is 0 Å². The number of hydrogen-bond donors (Lipinski definition) is 2. The van der Waals surface area contributed by atoms with Gasteiger partial charge in [-0.15, -0.1) is 0 Å². The Balaban J connectivity index is 2.00. The lowest BCUT2D eigenvalue weighted by atomic mass is 10.2. The maximum absolute atomic E-state index is 11.5. The van der Waals surface area contributed by atoms with Crippen LogP contribution in [0.25, 0.3) is 0 Å². The summed E-state index contributed by atoms with van der Waals surface area (Å²) >= 11 is 0. The van der Waals surface area contributed by atoms with Gasteiger partial charge >= 0.3 is 5.97 Å². The van der Waals surface area contributed by atoms with Gasteiger partial charge in [0.2, 0.25) is 0 Å². The van der Waals surface area contributed by atoms with Gasteiger partial charge in [-0.25, -0.2) is 4.79 Å². The highest BCUT2D eigenvalue weighted by Gasteiger charge is 2.09. The molecule has 2 heterocycles. The Hall–Kier alpha value is -2.63. The van der Waals surface area contributed by atoms with Crippen LogP contribution in [0.1, 0.15) is 26.6 Å². The fraction of sp³-hybridized carbons (Fsp3) is 0.0833. The van der Waals surface area contributed by atoms with Crippen LogP contribution in [0.3, 0.4) is 0 Å².